The van der Waals surface area contributed by atoms with Crippen LogP contribution >= 0.6 is 23.4 Å². The third kappa shape index (κ3) is 7.47. The average Bonchev–Trinajstić information content (AvgIpc) is 2.60. The Morgan fingerprint density at radius 3 is 2.73 bits per heavy atom. The molecule has 1 unspecified atom stereocenters. The topological polar surface area (TPSA) is 98.2 Å². The minimum absolute atomic E-state index is 0.0337. The van der Waals surface area contributed by atoms with Crippen molar-refractivity contribution in [3.63, 3.8) is 0 Å². The molecule has 0 saturated carbocycles. The minimum atomic E-state index is 0.0337. The van der Waals surface area contributed by atoms with Crippen molar-refractivity contribution >= 4 is 40.2 Å². The average molecular weight is 398 g/mol. The number of thioether (sulfide) groups is 1. The Balaban J connectivity index is 2.74. The van der Waals surface area contributed by atoms with E-state index in [-0.39, 0.29) is 6.10 Å². The number of nitrogens with zero attached hydrogens (tertiary/aromatic N) is 1. The van der Waals surface area contributed by atoms with Gasteiger partial charge in [0.25, 0.3) is 0 Å². The number of nitrogens with one attached hydrogen (secondary N) is 3. The van der Waals surface area contributed by atoms with E-state index in [4.69, 9.17) is 32.9 Å². The summed E-state index contributed by atoms with van der Waals surface area (Å²) in [6.45, 7) is 2.22. The van der Waals surface area contributed by atoms with Crippen LogP contribution in [0.4, 0.5) is 0 Å². The first-order valence-corrected chi connectivity index (χ1v) is 9.64. The van der Waals surface area contributed by atoms with Crippen molar-refractivity contribution in [2.24, 2.45) is 5.73 Å². The summed E-state index contributed by atoms with van der Waals surface area (Å²) in [5.41, 5.74) is 7.52. The van der Waals surface area contributed by atoms with E-state index in [1.54, 1.807) is 12.1 Å². The number of hydrogen-bond donors (Lipinski definition) is 4. The molecule has 0 spiro atoms. The molecule has 1 rings (SSSR count). The van der Waals surface area contributed by atoms with Gasteiger partial charge in [-0.15, -0.1) is 11.8 Å². The lowest BCUT2D eigenvalue weighted by molar-refractivity contribution is 0.0541. The van der Waals surface area contributed by atoms with Gasteiger partial charge >= 0.3 is 0 Å². The second-order valence-electron chi connectivity index (χ2n) is 5.96. The van der Waals surface area contributed by atoms with E-state index in [2.05, 4.69) is 10.2 Å². The molecule has 8 heteroatoms. The molecular weight excluding hydrogens is 370 g/mol. The summed E-state index contributed by atoms with van der Waals surface area (Å²) in [5, 5.41) is 19.6. The van der Waals surface area contributed by atoms with E-state index >= 15 is 0 Å². The van der Waals surface area contributed by atoms with Gasteiger partial charge in [0.15, 0.2) is 0 Å². The summed E-state index contributed by atoms with van der Waals surface area (Å²) in [7, 11) is 5.90. The van der Waals surface area contributed by atoms with Crippen LogP contribution in [0.15, 0.2) is 24.4 Å². The molecule has 5 N–H and O–H groups in total. The van der Waals surface area contributed by atoms with Gasteiger partial charge in [-0.3, -0.25) is 5.41 Å². The third-order valence-corrected chi connectivity index (χ3v) is 4.93. The Kier molecular flexibility index (Phi) is 10.5. The van der Waals surface area contributed by atoms with Crippen molar-refractivity contribution in [1.82, 2.24) is 10.2 Å². The molecule has 1 aromatic carbocycles. The molecular formula is C18H28ClN5OS. The lowest BCUT2D eigenvalue weighted by Gasteiger charge is -2.21. The largest absolute Gasteiger partial charge is 0.404 e. The van der Waals surface area contributed by atoms with Gasteiger partial charge in [-0.1, -0.05) is 23.7 Å². The standard InChI is InChI=1S/C18H28ClN5OS/c1-23-6-7-25-15(11-24(2)3)12-26-18(22)16-5-4-13(8-17(16)19)14(9-20)10-21/h4-5,8-10,15,20,22-23H,6-7,11-12,21H2,1-3H3/b14-10+,20-9?,22-18?. The molecule has 0 saturated heterocycles. The van der Waals surface area contributed by atoms with Crippen molar-refractivity contribution in [2.45, 2.75) is 6.10 Å². The molecule has 1 atom stereocenters. The number of hydrogen-bond acceptors (Lipinski definition) is 7. The van der Waals surface area contributed by atoms with Gasteiger partial charge in [0.2, 0.25) is 0 Å². The van der Waals surface area contributed by atoms with E-state index in [0.29, 0.717) is 33.6 Å². The van der Waals surface area contributed by atoms with Crippen molar-refractivity contribution in [2.75, 3.05) is 46.6 Å². The van der Waals surface area contributed by atoms with Gasteiger partial charge in [0, 0.05) is 42.4 Å². The van der Waals surface area contributed by atoms with Crippen molar-refractivity contribution < 1.29 is 4.74 Å². The maximum Gasteiger partial charge on any atom is 0.0958 e. The Labute approximate surface area is 165 Å². The molecule has 144 valence electrons. The van der Waals surface area contributed by atoms with Crippen LogP contribution in [0.2, 0.25) is 5.02 Å². The van der Waals surface area contributed by atoms with Crippen LogP contribution in [0.5, 0.6) is 0 Å². The molecule has 0 aliphatic heterocycles. The summed E-state index contributed by atoms with van der Waals surface area (Å²) < 4.78 is 5.89. The molecule has 0 heterocycles. The van der Waals surface area contributed by atoms with E-state index in [0.717, 1.165) is 18.7 Å². The quantitative estimate of drug-likeness (QED) is 0.261. The van der Waals surface area contributed by atoms with Crippen molar-refractivity contribution in [3.05, 3.63) is 40.5 Å². The van der Waals surface area contributed by atoms with Gasteiger partial charge in [-0.25, -0.2) is 0 Å². The van der Waals surface area contributed by atoms with E-state index < -0.39 is 0 Å². The summed E-state index contributed by atoms with van der Waals surface area (Å²) >= 11 is 7.76. The van der Waals surface area contributed by atoms with Crippen molar-refractivity contribution in [1.29, 1.82) is 10.8 Å². The molecule has 0 aromatic heterocycles. The number of rotatable bonds is 11. The Bertz CT molecular complexity index is 636. The van der Waals surface area contributed by atoms with E-state index in [1.165, 1.54) is 24.2 Å². The molecule has 0 amide bonds. The highest BCUT2D eigenvalue weighted by Crippen LogP contribution is 2.25. The summed E-state index contributed by atoms with van der Waals surface area (Å²) in [4.78, 5) is 2.08. The first kappa shape index (κ1) is 22.7. The van der Waals surface area contributed by atoms with Gasteiger partial charge in [0.05, 0.1) is 22.8 Å². The second kappa shape index (κ2) is 12.1. The Hall–Kier alpha value is -1.38. The highest BCUT2D eigenvalue weighted by Gasteiger charge is 2.15. The number of nitrogens with two attached hydrogens (primary N) is 1. The SMILES string of the molecule is CNCCOC(CSC(=N)c1ccc(/C(C=N)=C/N)cc1Cl)CN(C)C. The fourth-order valence-corrected chi connectivity index (χ4v) is 3.47. The first-order chi connectivity index (χ1) is 12.4. The van der Waals surface area contributed by atoms with Gasteiger partial charge in [-0.05, 0) is 32.8 Å². The Morgan fingerprint density at radius 2 is 2.19 bits per heavy atom. The van der Waals surface area contributed by atoms with E-state index in [9.17, 15) is 0 Å². The molecule has 0 fully saturated rings. The van der Waals surface area contributed by atoms with Gasteiger partial charge < -0.3 is 26.1 Å². The number of benzene rings is 1. The summed E-state index contributed by atoms with van der Waals surface area (Å²) in [6.07, 6.45) is 2.58. The van der Waals surface area contributed by atoms with Crippen LogP contribution in [-0.4, -0.2) is 68.9 Å². The van der Waals surface area contributed by atoms with Gasteiger partial charge in [0.1, 0.15) is 0 Å². The maximum absolute atomic E-state index is 8.34. The van der Waals surface area contributed by atoms with Crippen LogP contribution in [0.3, 0.4) is 0 Å². The number of halogens is 1. The summed E-state index contributed by atoms with van der Waals surface area (Å²) in [6, 6.07) is 5.35. The normalized spacial score (nSPS) is 13.0. The molecule has 1 aromatic rings. The summed E-state index contributed by atoms with van der Waals surface area (Å²) in [5.74, 6) is 0.674. The highest BCUT2D eigenvalue weighted by atomic mass is 35.5. The Morgan fingerprint density at radius 1 is 1.46 bits per heavy atom. The van der Waals surface area contributed by atoms with Crippen LogP contribution < -0.4 is 11.1 Å². The predicted octanol–water partition coefficient (Wildman–Crippen LogP) is 2.51. The molecule has 26 heavy (non-hydrogen) atoms. The van der Waals surface area contributed by atoms with Crippen LogP contribution in [0, 0.1) is 10.8 Å². The van der Waals surface area contributed by atoms with Crippen LogP contribution in [0.25, 0.3) is 5.57 Å². The number of allylic oxidation sites excluding steroid dienone is 1. The second-order valence-corrected chi connectivity index (χ2v) is 7.40. The molecule has 0 aliphatic rings. The lowest BCUT2D eigenvalue weighted by Crippen LogP contribution is -2.32. The molecule has 0 bridgehead atoms. The van der Waals surface area contributed by atoms with Crippen LogP contribution in [0.1, 0.15) is 11.1 Å². The fraction of sp³-hybridized carbons (Fsp3) is 0.444. The van der Waals surface area contributed by atoms with Gasteiger partial charge in [-0.2, -0.15) is 0 Å². The smallest absolute Gasteiger partial charge is 0.0958 e. The lowest BCUT2D eigenvalue weighted by atomic mass is 10.1. The zero-order valence-electron chi connectivity index (χ0n) is 15.5. The highest BCUT2D eigenvalue weighted by molar-refractivity contribution is 8.14. The monoisotopic (exact) mass is 397 g/mol. The zero-order valence-corrected chi connectivity index (χ0v) is 17.1. The molecule has 6 nitrogen and oxygen atoms in total. The number of ether oxygens (including phenoxy) is 1. The first-order valence-electron chi connectivity index (χ1n) is 8.27. The van der Waals surface area contributed by atoms with Crippen molar-refractivity contribution in [3.8, 4) is 0 Å². The maximum atomic E-state index is 8.34. The van der Waals surface area contributed by atoms with Crippen LogP contribution in [-0.2, 0) is 4.74 Å². The predicted molar refractivity (Wildman–Crippen MR) is 114 cm³/mol. The zero-order chi connectivity index (χ0) is 19.5. The minimum Gasteiger partial charge on any atom is -0.404 e. The molecule has 0 aliphatic carbocycles. The number of likely N-dealkylation sites (N-methyl/N-ethyl adjacent to an activating group) is 2. The molecule has 0 radical (unpaired) electrons. The fourth-order valence-electron chi connectivity index (χ4n) is 2.25. The van der Waals surface area contributed by atoms with E-state index in [1.807, 2.05) is 27.2 Å². The third-order valence-electron chi connectivity index (χ3n) is 3.57.